The average molecular weight is 251 g/mol. The van der Waals surface area contributed by atoms with Crippen molar-refractivity contribution in [3.05, 3.63) is 30.1 Å². The Morgan fingerprint density at radius 2 is 1.80 bits per heavy atom. The van der Waals surface area contributed by atoms with Crippen molar-refractivity contribution in [2.75, 3.05) is 12.0 Å². The molecule has 1 rings (SSSR count). The predicted molar refractivity (Wildman–Crippen MR) is 60.6 cm³/mol. The molecule has 0 spiro atoms. The van der Waals surface area contributed by atoms with Crippen LogP contribution < -0.4 is 0 Å². The lowest BCUT2D eigenvalue weighted by molar-refractivity contribution is 0.275. The highest BCUT2D eigenvalue weighted by Crippen LogP contribution is 2.25. The molecule has 1 aromatic rings. The van der Waals surface area contributed by atoms with Gasteiger partial charge in [-0.3, -0.25) is 4.98 Å². The van der Waals surface area contributed by atoms with Crippen molar-refractivity contribution in [2.45, 2.75) is 6.42 Å². The fraction of sp³-hybridized carbons (Fsp3) is 0.375. The lowest BCUT2D eigenvalue weighted by Crippen LogP contribution is -1.86. The molecule has 0 fully saturated rings. The van der Waals surface area contributed by atoms with Crippen LogP contribution in [0.1, 0.15) is 5.56 Å². The van der Waals surface area contributed by atoms with E-state index < -0.39 is 7.82 Å². The molecule has 86 valence electrons. The molecule has 5 nitrogen and oxygen atoms in total. The summed E-state index contributed by atoms with van der Waals surface area (Å²) < 4.78 is 8.88. The van der Waals surface area contributed by atoms with Gasteiger partial charge in [-0.1, -0.05) is 0 Å². The van der Waals surface area contributed by atoms with Gasteiger partial charge >= 0.3 is 7.82 Å². The van der Waals surface area contributed by atoms with Crippen LogP contribution in [0, 0.1) is 0 Å². The summed E-state index contributed by atoms with van der Waals surface area (Å²) in [6, 6.07) is 4.13. The molecule has 3 N–H and O–H groups in total. The van der Waals surface area contributed by atoms with Gasteiger partial charge in [-0.2, -0.15) is 11.8 Å². The molecule has 0 atom stereocenters. The van der Waals surface area contributed by atoms with E-state index in [-0.39, 0.29) is 0 Å². The van der Waals surface area contributed by atoms with Crippen molar-refractivity contribution < 1.29 is 19.2 Å². The molecule has 0 saturated heterocycles. The summed E-state index contributed by atoms with van der Waals surface area (Å²) in [5.41, 5.74) is 1.38. The Morgan fingerprint density at radius 1 is 1.33 bits per heavy atom. The first-order valence-electron chi connectivity index (χ1n) is 4.09. The zero-order chi connectivity index (χ0) is 11.7. The quantitative estimate of drug-likeness (QED) is 0.696. The molecule has 7 heteroatoms. The molecule has 0 aliphatic rings. The van der Waals surface area contributed by atoms with Crippen LogP contribution >= 0.6 is 19.6 Å². The first-order chi connectivity index (χ1) is 6.93. The molecule has 1 heterocycles. The Bertz CT molecular complexity index is 295. The van der Waals surface area contributed by atoms with E-state index in [0.29, 0.717) is 0 Å². The summed E-state index contributed by atoms with van der Waals surface area (Å²) >= 11 is 1.88. The first-order valence-corrected chi connectivity index (χ1v) is 7.05. The van der Waals surface area contributed by atoms with Crippen LogP contribution in [0.4, 0.5) is 0 Å². The van der Waals surface area contributed by atoms with Crippen molar-refractivity contribution in [1.29, 1.82) is 0 Å². The van der Waals surface area contributed by atoms with Gasteiger partial charge in [0, 0.05) is 12.4 Å². The van der Waals surface area contributed by atoms with Crippen LogP contribution in [0.3, 0.4) is 0 Å². The maximum absolute atomic E-state index is 8.88. The number of pyridine rings is 1. The fourth-order valence-electron chi connectivity index (χ4n) is 0.769. The second-order valence-corrected chi connectivity index (χ2v) is 4.62. The SMILES string of the molecule is CSCCc1ccncc1.O=P(O)(O)O. The Hall–Kier alpha value is -0.390. The second-order valence-electron chi connectivity index (χ2n) is 2.61. The van der Waals surface area contributed by atoms with Crippen molar-refractivity contribution in [3.8, 4) is 0 Å². The predicted octanol–water partition coefficient (Wildman–Crippen LogP) is 1.06. The molecule has 0 saturated carbocycles. The highest BCUT2D eigenvalue weighted by atomic mass is 32.2. The van der Waals surface area contributed by atoms with Crippen LogP contribution in [-0.2, 0) is 11.0 Å². The van der Waals surface area contributed by atoms with Gasteiger partial charge in [0.05, 0.1) is 0 Å². The molecule has 0 bridgehead atoms. The summed E-state index contributed by atoms with van der Waals surface area (Å²) in [5.74, 6) is 1.20. The molecule has 0 amide bonds. The van der Waals surface area contributed by atoms with E-state index in [1.807, 2.05) is 24.2 Å². The Labute approximate surface area is 92.8 Å². The normalized spacial score (nSPS) is 10.4. The Kier molecular flexibility index (Phi) is 7.64. The summed E-state index contributed by atoms with van der Waals surface area (Å²) in [7, 11) is -4.64. The maximum Gasteiger partial charge on any atom is 0.466 e. The minimum atomic E-state index is -4.64. The lowest BCUT2D eigenvalue weighted by Gasteiger charge is -1.95. The van der Waals surface area contributed by atoms with Crippen LogP contribution in [0.5, 0.6) is 0 Å². The highest BCUT2D eigenvalue weighted by molar-refractivity contribution is 7.98. The topological polar surface area (TPSA) is 90.7 Å². The minimum Gasteiger partial charge on any atom is -0.303 e. The maximum atomic E-state index is 8.88. The molecular weight excluding hydrogens is 237 g/mol. The zero-order valence-electron chi connectivity index (χ0n) is 8.28. The molecule has 0 aliphatic heterocycles. The second kappa shape index (κ2) is 7.84. The summed E-state index contributed by atoms with van der Waals surface area (Å²) in [5, 5.41) is 0. The van der Waals surface area contributed by atoms with E-state index >= 15 is 0 Å². The molecule has 0 unspecified atom stereocenters. The van der Waals surface area contributed by atoms with Gasteiger partial charge < -0.3 is 14.7 Å². The number of phosphoric acid groups is 1. The zero-order valence-corrected chi connectivity index (χ0v) is 9.99. The monoisotopic (exact) mass is 251 g/mol. The van der Waals surface area contributed by atoms with E-state index in [4.69, 9.17) is 19.2 Å². The largest absolute Gasteiger partial charge is 0.466 e. The smallest absolute Gasteiger partial charge is 0.303 e. The van der Waals surface area contributed by atoms with Crippen LogP contribution in [0.25, 0.3) is 0 Å². The molecule has 0 aromatic carbocycles. The Balaban J connectivity index is 0.000000336. The molecular formula is C8H14NO4PS. The molecule has 0 radical (unpaired) electrons. The third kappa shape index (κ3) is 13.6. The van der Waals surface area contributed by atoms with Crippen molar-refractivity contribution in [3.63, 3.8) is 0 Å². The number of thioether (sulfide) groups is 1. The number of hydrogen-bond acceptors (Lipinski definition) is 3. The lowest BCUT2D eigenvalue weighted by atomic mass is 10.2. The number of nitrogens with zero attached hydrogens (tertiary/aromatic N) is 1. The van der Waals surface area contributed by atoms with Gasteiger partial charge in [0.2, 0.25) is 0 Å². The molecule has 1 aromatic heterocycles. The van der Waals surface area contributed by atoms with Gasteiger partial charge in [0.25, 0.3) is 0 Å². The van der Waals surface area contributed by atoms with E-state index in [9.17, 15) is 0 Å². The van der Waals surface area contributed by atoms with Gasteiger partial charge in [0.15, 0.2) is 0 Å². The van der Waals surface area contributed by atoms with E-state index in [0.717, 1.165) is 6.42 Å². The summed E-state index contributed by atoms with van der Waals surface area (Å²) in [6.45, 7) is 0. The van der Waals surface area contributed by atoms with E-state index in [2.05, 4.69) is 23.4 Å². The third-order valence-corrected chi connectivity index (χ3v) is 1.96. The summed E-state index contributed by atoms with van der Waals surface area (Å²) in [4.78, 5) is 25.5. The van der Waals surface area contributed by atoms with Gasteiger partial charge in [0.1, 0.15) is 0 Å². The number of hydrogen-bond donors (Lipinski definition) is 3. The molecule has 15 heavy (non-hydrogen) atoms. The number of rotatable bonds is 3. The molecule has 0 aliphatic carbocycles. The van der Waals surface area contributed by atoms with Crippen molar-refractivity contribution >= 4 is 19.6 Å². The van der Waals surface area contributed by atoms with Crippen LogP contribution in [0.15, 0.2) is 24.5 Å². The third-order valence-electron chi connectivity index (χ3n) is 1.34. The Morgan fingerprint density at radius 3 is 2.20 bits per heavy atom. The standard InChI is InChI=1S/C8H11NS.H3O4P/c1-10-7-4-8-2-5-9-6-3-8;1-5(2,3)4/h2-3,5-6H,4,7H2,1H3;(H3,1,2,3,4). The summed E-state index contributed by atoms with van der Waals surface area (Å²) in [6.07, 6.45) is 6.97. The first kappa shape index (κ1) is 14.6. The van der Waals surface area contributed by atoms with E-state index in [1.165, 1.54) is 11.3 Å². The average Bonchev–Trinajstić information content (AvgIpc) is 2.14. The van der Waals surface area contributed by atoms with Gasteiger partial charge in [-0.25, -0.2) is 4.57 Å². The minimum absolute atomic E-state index is 1.16. The number of aryl methyl sites for hydroxylation is 1. The fourth-order valence-corrected chi connectivity index (χ4v) is 1.21. The van der Waals surface area contributed by atoms with Crippen LogP contribution in [-0.4, -0.2) is 31.7 Å². The van der Waals surface area contributed by atoms with Crippen molar-refractivity contribution in [1.82, 2.24) is 4.98 Å². The van der Waals surface area contributed by atoms with Crippen LogP contribution in [0.2, 0.25) is 0 Å². The highest BCUT2D eigenvalue weighted by Gasteiger charge is 2.00. The van der Waals surface area contributed by atoms with Gasteiger partial charge in [-0.15, -0.1) is 0 Å². The van der Waals surface area contributed by atoms with E-state index in [1.54, 1.807) is 0 Å². The number of aromatic nitrogens is 1. The van der Waals surface area contributed by atoms with Gasteiger partial charge in [-0.05, 0) is 36.1 Å². The van der Waals surface area contributed by atoms with Crippen molar-refractivity contribution in [2.24, 2.45) is 0 Å².